The lowest BCUT2D eigenvalue weighted by Gasteiger charge is -2.06. The van der Waals surface area contributed by atoms with E-state index in [1.165, 1.54) is 0 Å². The minimum atomic E-state index is -0.132. The van der Waals surface area contributed by atoms with Crippen LogP contribution in [0.15, 0.2) is 53.3 Å². The highest BCUT2D eigenvalue weighted by Gasteiger charge is 2.11. The smallest absolute Gasteiger partial charge is 0.329 e. The summed E-state index contributed by atoms with van der Waals surface area (Å²) in [5, 5.41) is 2.61. The number of fused-ring (bicyclic) bond motifs is 1. The highest BCUT2D eigenvalue weighted by Crippen LogP contribution is 2.14. The third-order valence-electron chi connectivity index (χ3n) is 3.81. The third kappa shape index (κ3) is 2.30. The largest absolute Gasteiger partial charge is 0.355 e. The molecule has 0 aliphatic heterocycles. The molecule has 0 fully saturated rings. The van der Waals surface area contributed by atoms with Crippen LogP contribution < -0.4 is 11.0 Å². The van der Waals surface area contributed by atoms with Crippen molar-refractivity contribution in [1.29, 1.82) is 0 Å². The van der Waals surface area contributed by atoms with Gasteiger partial charge in [0.15, 0.2) is 0 Å². The van der Waals surface area contributed by atoms with Crippen molar-refractivity contribution in [2.45, 2.75) is 6.54 Å². The van der Waals surface area contributed by atoms with Crippen molar-refractivity contribution in [3.05, 3.63) is 70.1 Å². The fraction of sp³-hybridized carbons (Fsp3) is 0.176. The number of hydrogen-bond donors (Lipinski definition) is 1. The first kappa shape index (κ1) is 14.1. The molecule has 0 saturated carbocycles. The second-order valence-corrected chi connectivity index (χ2v) is 5.20. The fourth-order valence-electron chi connectivity index (χ4n) is 2.65. The Bertz CT molecular complexity index is 906. The number of nitrogens with one attached hydrogen (secondary N) is 1. The Morgan fingerprint density at radius 2 is 1.82 bits per heavy atom. The van der Waals surface area contributed by atoms with E-state index in [9.17, 15) is 9.59 Å². The molecular formula is C17H17N3O2. The zero-order valence-corrected chi connectivity index (χ0v) is 12.5. The maximum atomic E-state index is 12.4. The van der Waals surface area contributed by atoms with Gasteiger partial charge in [-0.1, -0.05) is 24.3 Å². The van der Waals surface area contributed by atoms with Gasteiger partial charge in [0.05, 0.1) is 17.6 Å². The van der Waals surface area contributed by atoms with Crippen LogP contribution in [0.3, 0.4) is 0 Å². The lowest BCUT2D eigenvalue weighted by Crippen LogP contribution is -2.23. The van der Waals surface area contributed by atoms with E-state index in [1.54, 1.807) is 29.3 Å². The van der Waals surface area contributed by atoms with Gasteiger partial charge in [-0.05, 0) is 29.8 Å². The van der Waals surface area contributed by atoms with Crippen LogP contribution in [-0.4, -0.2) is 22.1 Å². The molecule has 0 aliphatic carbocycles. The average molecular weight is 295 g/mol. The lowest BCUT2D eigenvalue weighted by molar-refractivity contribution is 0.0963. The number of imidazole rings is 1. The van der Waals surface area contributed by atoms with E-state index in [1.807, 2.05) is 42.5 Å². The monoisotopic (exact) mass is 295 g/mol. The number of amides is 1. The first-order chi connectivity index (χ1) is 10.6. The summed E-state index contributed by atoms with van der Waals surface area (Å²) in [5.41, 5.74) is 3.23. The normalized spacial score (nSPS) is 10.8. The minimum Gasteiger partial charge on any atom is -0.355 e. The van der Waals surface area contributed by atoms with Gasteiger partial charge < -0.3 is 5.32 Å². The third-order valence-corrected chi connectivity index (χ3v) is 3.81. The number of carbonyl (C=O) groups excluding carboxylic acids is 1. The topological polar surface area (TPSA) is 56.0 Å². The summed E-state index contributed by atoms with van der Waals surface area (Å²) < 4.78 is 3.36. The van der Waals surface area contributed by atoms with Crippen molar-refractivity contribution in [3.63, 3.8) is 0 Å². The van der Waals surface area contributed by atoms with Crippen LogP contribution in [0.25, 0.3) is 11.0 Å². The first-order valence-electron chi connectivity index (χ1n) is 7.07. The van der Waals surface area contributed by atoms with Gasteiger partial charge in [-0.3, -0.25) is 13.9 Å². The first-order valence-corrected chi connectivity index (χ1v) is 7.07. The molecule has 3 aromatic rings. The summed E-state index contributed by atoms with van der Waals surface area (Å²) in [6.45, 7) is 0.436. The zero-order valence-electron chi connectivity index (χ0n) is 12.5. The molecule has 0 atom stereocenters. The number of nitrogens with zero attached hydrogens (tertiary/aromatic N) is 2. The molecule has 3 rings (SSSR count). The number of hydrogen-bond acceptors (Lipinski definition) is 2. The Labute approximate surface area is 127 Å². The van der Waals surface area contributed by atoms with E-state index in [4.69, 9.17) is 0 Å². The second-order valence-electron chi connectivity index (χ2n) is 5.20. The molecule has 0 aliphatic rings. The molecule has 1 amide bonds. The maximum Gasteiger partial charge on any atom is 0.329 e. The highest BCUT2D eigenvalue weighted by molar-refractivity contribution is 5.94. The van der Waals surface area contributed by atoms with Crippen LogP contribution in [-0.2, 0) is 13.6 Å². The van der Waals surface area contributed by atoms with Crippen LogP contribution in [0.4, 0.5) is 0 Å². The van der Waals surface area contributed by atoms with E-state index in [2.05, 4.69) is 5.32 Å². The quantitative estimate of drug-likeness (QED) is 0.800. The number of carbonyl (C=O) groups is 1. The number of benzene rings is 2. The molecule has 2 aromatic carbocycles. The number of aryl methyl sites for hydroxylation is 1. The minimum absolute atomic E-state index is 0.0634. The summed E-state index contributed by atoms with van der Waals surface area (Å²) in [7, 11) is 3.37. The van der Waals surface area contributed by atoms with Crippen LogP contribution in [0.1, 0.15) is 15.9 Å². The Kier molecular flexibility index (Phi) is 3.55. The van der Waals surface area contributed by atoms with Crippen LogP contribution in [0.5, 0.6) is 0 Å². The Morgan fingerprint density at radius 3 is 2.55 bits per heavy atom. The molecule has 1 heterocycles. The average Bonchev–Trinajstić information content (AvgIpc) is 2.80. The molecule has 1 N–H and O–H groups in total. The zero-order chi connectivity index (χ0) is 15.7. The summed E-state index contributed by atoms with van der Waals surface area (Å²) in [4.78, 5) is 24.1. The molecule has 0 spiro atoms. The van der Waals surface area contributed by atoms with Crippen molar-refractivity contribution in [3.8, 4) is 0 Å². The van der Waals surface area contributed by atoms with E-state index in [0.717, 1.165) is 16.6 Å². The second kappa shape index (κ2) is 5.52. The van der Waals surface area contributed by atoms with Crippen molar-refractivity contribution in [2.75, 3.05) is 7.05 Å². The van der Waals surface area contributed by atoms with Gasteiger partial charge in [0.25, 0.3) is 5.91 Å². The van der Waals surface area contributed by atoms with Gasteiger partial charge in [0.2, 0.25) is 0 Å². The molecule has 0 saturated heterocycles. The van der Waals surface area contributed by atoms with E-state index >= 15 is 0 Å². The molecule has 5 nitrogen and oxygen atoms in total. The molecule has 5 heteroatoms. The van der Waals surface area contributed by atoms with Gasteiger partial charge >= 0.3 is 5.69 Å². The van der Waals surface area contributed by atoms with E-state index in [0.29, 0.717) is 12.1 Å². The molecule has 0 bridgehead atoms. The predicted octanol–water partition coefficient (Wildman–Crippen LogP) is 1.75. The Balaban J connectivity index is 2.06. The summed E-state index contributed by atoms with van der Waals surface area (Å²) in [5.74, 6) is -0.132. The maximum absolute atomic E-state index is 12.4. The number of rotatable bonds is 3. The Morgan fingerprint density at radius 1 is 1.09 bits per heavy atom. The van der Waals surface area contributed by atoms with Gasteiger partial charge in [-0.2, -0.15) is 0 Å². The van der Waals surface area contributed by atoms with Crippen molar-refractivity contribution in [2.24, 2.45) is 7.05 Å². The molecule has 0 unspecified atom stereocenters. The summed E-state index contributed by atoms with van der Waals surface area (Å²) in [6.07, 6.45) is 0. The predicted molar refractivity (Wildman–Crippen MR) is 86.1 cm³/mol. The lowest BCUT2D eigenvalue weighted by atomic mass is 10.1. The molecule has 22 heavy (non-hydrogen) atoms. The van der Waals surface area contributed by atoms with Gasteiger partial charge in [0, 0.05) is 19.7 Å². The number of aromatic nitrogens is 2. The van der Waals surface area contributed by atoms with Gasteiger partial charge in [-0.15, -0.1) is 0 Å². The van der Waals surface area contributed by atoms with Crippen LogP contribution in [0, 0.1) is 0 Å². The van der Waals surface area contributed by atoms with Crippen LogP contribution in [0.2, 0.25) is 0 Å². The SMILES string of the molecule is CNC(=O)c1cccc(Cn2c(=O)n(C)c3ccccc32)c1. The Hall–Kier alpha value is -2.82. The summed E-state index contributed by atoms with van der Waals surface area (Å²) in [6, 6.07) is 15.0. The van der Waals surface area contributed by atoms with Crippen molar-refractivity contribution < 1.29 is 4.79 Å². The van der Waals surface area contributed by atoms with E-state index in [-0.39, 0.29) is 11.6 Å². The van der Waals surface area contributed by atoms with Crippen LogP contribution >= 0.6 is 0 Å². The van der Waals surface area contributed by atoms with Crippen molar-refractivity contribution >= 4 is 16.9 Å². The molecular weight excluding hydrogens is 278 g/mol. The highest BCUT2D eigenvalue weighted by atomic mass is 16.2. The molecule has 1 aromatic heterocycles. The van der Waals surface area contributed by atoms with Gasteiger partial charge in [0.1, 0.15) is 0 Å². The molecule has 0 radical (unpaired) electrons. The standard InChI is InChI=1S/C17H17N3O2/c1-18-16(21)13-7-5-6-12(10-13)11-20-15-9-4-3-8-14(15)19(2)17(20)22/h3-10H,11H2,1-2H3,(H,18,21). The van der Waals surface area contributed by atoms with E-state index < -0.39 is 0 Å². The molecule has 112 valence electrons. The van der Waals surface area contributed by atoms with Gasteiger partial charge in [-0.25, -0.2) is 4.79 Å². The summed E-state index contributed by atoms with van der Waals surface area (Å²) >= 11 is 0. The fourth-order valence-corrected chi connectivity index (χ4v) is 2.65. The number of para-hydroxylation sites is 2. The van der Waals surface area contributed by atoms with Crippen molar-refractivity contribution in [1.82, 2.24) is 14.5 Å².